The number of nitrogens with two attached hydrogens (primary N) is 1. The van der Waals surface area contributed by atoms with E-state index in [4.69, 9.17) is 16.2 Å². The van der Waals surface area contributed by atoms with Crippen LogP contribution < -0.4 is 16.4 Å². The predicted molar refractivity (Wildman–Crippen MR) is 125 cm³/mol. The summed E-state index contributed by atoms with van der Waals surface area (Å²) in [6, 6.07) is 15.0. The number of amides is 1. The Morgan fingerprint density at radius 3 is 2.84 bits per heavy atom. The first-order valence-electron chi connectivity index (χ1n) is 9.77. The van der Waals surface area contributed by atoms with E-state index >= 15 is 0 Å². The number of hydrogen-bond acceptors (Lipinski definition) is 6. The molecule has 0 spiro atoms. The number of pyridine rings is 1. The van der Waals surface area contributed by atoms with Crippen LogP contribution in [0.3, 0.4) is 0 Å². The summed E-state index contributed by atoms with van der Waals surface area (Å²) < 4.78 is 1.09. The second-order valence-electron chi connectivity index (χ2n) is 6.90. The van der Waals surface area contributed by atoms with Gasteiger partial charge in [0.25, 0.3) is 5.91 Å². The molecule has 0 unspecified atom stereocenters. The molecular formula is C22H21N7OS. The molecule has 4 rings (SSSR count). The topological polar surface area (TPSA) is 129 Å². The Kier molecular flexibility index (Phi) is 5.85. The van der Waals surface area contributed by atoms with E-state index in [-0.39, 0.29) is 11.7 Å². The Bertz CT molecular complexity index is 1310. The van der Waals surface area contributed by atoms with Gasteiger partial charge in [-0.2, -0.15) is 5.53 Å². The highest BCUT2D eigenvalue weighted by Crippen LogP contribution is 2.35. The molecule has 0 saturated heterocycles. The molecule has 8 nitrogen and oxygen atoms in total. The summed E-state index contributed by atoms with van der Waals surface area (Å²) in [5.74, 6) is 0.745. The molecule has 0 saturated carbocycles. The van der Waals surface area contributed by atoms with Gasteiger partial charge in [-0.3, -0.25) is 4.79 Å². The van der Waals surface area contributed by atoms with Gasteiger partial charge >= 0.3 is 0 Å². The Balaban J connectivity index is 1.75. The van der Waals surface area contributed by atoms with Crippen LogP contribution in [-0.2, 0) is 0 Å². The van der Waals surface area contributed by atoms with Crippen molar-refractivity contribution in [1.82, 2.24) is 10.3 Å². The van der Waals surface area contributed by atoms with Crippen molar-refractivity contribution < 1.29 is 4.79 Å². The van der Waals surface area contributed by atoms with Crippen LogP contribution >= 0.6 is 11.3 Å². The molecule has 0 fully saturated rings. The number of anilines is 2. The van der Waals surface area contributed by atoms with Gasteiger partial charge < -0.3 is 16.4 Å². The van der Waals surface area contributed by atoms with Crippen LogP contribution in [0.1, 0.15) is 29.3 Å². The number of fused-ring (bicyclic) bond motifs is 3. The summed E-state index contributed by atoms with van der Waals surface area (Å²) in [6.07, 6.45) is 0.883. The van der Waals surface area contributed by atoms with Crippen LogP contribution in [0.5, 0.6) is 0 Å². The highest BCUT2D eigenvalue weighted by molar-refractivity contribution is 7.18. The van der Waals surface area contributed by atoms with Crippen LogP contribution in [-0.4, -0.2) is 23.3 Å². The van der Waals surface area contributed by atoms with Crippen LogP contribution in [0, 0.1) is 5.53 Å². The Labute approximate surface area is 182 Å². The average Bonchev–Trinajstić information content (AvgIpc) is 3.28. The number of nitrogens with one attached hydrogen (secondary N) is 3. The number of amidine groups is 1. The molecule has 4 aromatic rings. The molecule has 2 aromatic heterocycles. The lowest BCUT2D eigenvalue weighted by atomic mass is 10.1. The van der Waals surface area contributed by atoms with Gasteiger partial charge in [-0.25, -0.2) is 4.98 Å². The molecule has 0 radical (unpaired) electrons. The maximum absolute atomic E-state index is 12.3. The minimum Gasteiger partial charge on any atom is -0.382 e. The first kappa shape index (κ1) is 20.4. The lowest BCUT2D eigenvalue weighted by Crippen LogP contribution is -2.23. The normalized spacial score (nSPS) is 11.6. The second-order valence-corrected chi connectivity index (χ2v) is 7.82. The van der Waals surface area contributed by atoms with E-state index in [1.165, 1.54) is 0 Å². The number of benzene rings is 2. The summed E-state index contributed by atoms with van der Waals surface area (Å²) in [5.41, 5.74) is 15.5. The molecule has 1 amide bonds. The lowest BCUT2D eigenvalue weighted by molar-refractivity contribution is 0.0953. The van der Waals surface area contributed by atoms with Gasteiger partial charge in [-0.05, 0) is 42.1 Å². The van der Waals surface area contributed by atoms with Gasteiger partial charge in [0.1, 0.15) is 5.82 Å². The monoisotopic (exact) mass is 431 g/mol. The van der Waals surface area contributed by atoms with Crippen LogP contribution in [0.2, 0.25) is 0 Å². The van der Waals surface area contributed by atoms with E-state index in [9.17, 15) is 4.79 Å². The second kappa shape index (κ2) is 8.88. The highest BCUT2D eigenvalue weighted by Gasteiger charge is 2.12. The van der Waals surface area contributed by atoms with Crippen LogP contribution in [0.15, 0.2) is 64.2 Å². The third-order valence-electron chi connectivity index (χ3n) is 4.77. The van der Waals surface area contributed by atoms with Crippen molar-refractivity contribution in [3.63, 3.8) is 0 Å². The molecule has 156 valence electrons. The molecule has 0 atom stereocenters. The van der Waals surface area contributed by atoms with Crippen molar-refractivity contribution >= 4 is 55.6 Å². The SMILES string of the molecule is CCCNC(=O)c1cccc(Nc2nc3cc(/C(N)=N/N=N)ccc3c3sccc23)c1. The zero-order valence-electron chi connectivity index (χ0n) is 16.8. The van der Waals surface area contributed by atoms with E-state index < -0.39 is 0 Å². The zero-order chi connectivity index (χ0) is 21.8. The van der Waals surface area contributed by atoms with Gasteiger partial charge in [-0.15, -0.1) is 16.4 Å². The summed E-state index contributed by atoms with van der Waals surface area (Å²) >= 11 is 1.63. The lowest BCUT2D eigenvalue weighted by Gasteiger charge is -2.11. The highest BCUT2D eigenvalue weighted by atomic mass is 32.1. The molecule has 9 heteroatoms. The summed E-state index contributed by atoms with van der Waals surface area (Å²) in [7, 11) is 0. The smallest absolute Gasteiger partial charge is 0.251 e. The van der Waals surface area contributed by atoms with Crippen LogP contribution in [0.4, 0.5) is 11.5 Å². The van der Waals surface area contributed by atoms with Crippen molar-refractivity contribution in [2.24, 2.45) is 16.1 Å². The summed E-state index contributed by atoms with van der Waals surface area (Å²) in [4.78, 5) is 17.1. The predicted octanol–water partition coefficient (Wildman–Crippen LogP) is 4.98. The van der Waals surface area contributed by atoms with E-state index in [0.29, 0.717) is 23.5 Å². The number of aromatic nitrogens is 1. The van der Waals surface area contributed by atoms with E-state index in [1.807, 2.05) is 54.8 Å². The Morgan fingerprint density at radius 2 is 2.03 bits per heavy atom. The third kappa shape index (κ3) is 4.22. The Hall–Kier alpha value is -3.85. The fraction of sp³-hybridized carbons (Fsp3) is 0.136. The molecule has 0 aliphatic rings. The van der Waals surface area contributed by atoms with E-state index in [2.05, 4.69) is 21.0 Å². The number of nitrogens with zero attached hydrogens (tertiary/aromatic N) is 3. The molecule has 2 aromatic carbocycles. The first-order valence-corrected chi connectivity index (χ1v) is 10.6. The maximum Gasteiger partial charge on any atom is 0.251 e. The molecule has 0 aliphatic heterocycles. The van der Waals surface area contributed by atoms with E-state index in [1.54, 1.807) is 17.4 Å². The standard InChI is InChI=1S/C22H21N7OS/c1-2-9-25-22(30)14-4-3-5-15(11-14)26-21-17-8-10-31-19(17)16-7-6-13(12-18(16)27-21)20(23)28-29-24/h3-8,10-12H,2,9H2,1H3,(H,25,30)(H,26,27)(H3,23,24,28). The van der Waals surface area contributed by atoms with Crippen molar-refractivity contribution in [2.75, 3.05) is 11.9 Å². The third-order valence-corrected chi connectivity index (χ3v) is 5.72. The minimum atomic E-state index is -0.100. The molecule has 31 heavy (non-hydrogen) atoms. The first-order chi connectivity index (χ1) is 15.1. The average molecular weight is 432 g/mol. The number of carbonyl (C=O) groups is 1. The van der Waals surface area contributed by atoms with Gasteiger partial charge in [0, 0.05) is 38.8 Å². The van der Waals surface area contributed by atoms with Crippen LogP contribution in [0.25, 0.3) is 21.0 Å². The fourth-order valence-electron chi connectivity index (χ4n) is 3.28. The number of thiophene rings is 1. The largest absolute Gasteiger partial charge is 0.382 e. The van der Waals surface area contributed by atoms with Crippen molar-refractivity contribution in [3.05, 3.63) is 65.0 Å². The van der Waals surface area contributed by atoms with Gasteiger partial charge in [0.2, 0.25) is 0 Å². The zero-order valence-corrected chi connectivity index (χ0v) is 17.7. The Morgan fingerprint density at radius 1 is 1.16 bits per heavy atom. The molecule has 0 bridgehead atoms. The van der Waals surface area contributed by atoms with Gasteiger partial charge in [0.05, 0.1) is 5.52 Å². The molecule has 5 N–H and O–H groups in total. The van der Waals surface area contributed by atoms with Gasteiger partial charge in [0.15, 0.2) is 5.84 Å². The summed E-state index contributed by atoms with van der Waals surface area (Å²) in [5, 5.41) is 16.9. The number of hydrogen-bond donors (Lipinski definition) is 4. The number of carbonyl (C=O) groups excluding carboxylic acids is 1. The fourth-order valence-corrected chi connectivity index (χ4v) is 4.21. The van der Waals surface area contributed by atoms with Crippen molar-refractivity contribution in [1.29, 1.82) is 5.53 Å². The molecule has 0 aliphatic carbocycles. The molecule has 2 heterocycles. The van der Waals surface area contributed by atoms with Crippen molar-refractivity contribution in [3.8, 4) is 0 Å². The maximum atomic E-state index is 12.3. The quantitative estimate of drug-likeness (QED) is 0.142. The van der Waals surface area contributed by atoms with E-state index in [0.717, 1.165) is 33.1 Å². The molecular weight excluding hydrogens is 410 g/mol. The minimum absolute atomic E-state index is 0.100. The summed E-state index contributed by atoms with van der Waals surface area (Å²) in [6.45, 7) is 2.66. The number of rotatable bonds is 7. The van der Waals surface area contributed by atoms with Gasteiger partial charge in [-0.1, -0.05) is 30.3 Å². The van der Waals surface area contributed by atoms with Crippen molar-refractivity contribution in [2.45, 2.75) is 13.3 Å².